The van der Waals surface area contributed by atoms with E-state index in [9.17, 15) is 9.90 Å². The molecule has 2 aliphatic rings. The standard InChI is InChI=1S/C25H28N2O2/c28-24(17-6-2-1-3-7-17)18-12-14-27(15-13-18)25(29)19-10-11-23-21(16-19)20-8-4-5-9-22(20)26-23/h1-3,6-7,10-11,16,18,24,26,28H,4-5,8-9,12-15H2. The van der Waals surface area contributed by atoms with Gasteiger partial charge < -0.3 is 15.0 Å². The maximum Gasteiger partial charge on any atom is 0.253 e. The van der Waals surface area contributed by atoms with E-state index in [-0.39, 0.29) is 11.8 Å². The normalized spacial score (nSPS) is 18.6. The number of aryl methyl sites for hydroxylation is 2. The van der Waals surface area contributed by atoms with Crippen LogP contribution in [0.5, 0.6) is 0 Å². The minimum Gasteiger partial charge on any atom is -0.388 e. The third kappa shape index (κ3) is 3.46. The third-order valence-corrected chi connectivity index (χ3v) is 6.76. The Kier molecular flexibility index (Phi) is 4.88. The fourth-order valence-electron chi connectivity index (χ4n) is 5.06. The van der Waals surface area contributed by atoms with Gasteiger partial charge in [0.2, 0.25) is 0 Å². The minimum absolute atomic E-state index is 0.116. The maximum absolute atomic E-state index is 13.1. The number of likely N-dealkylation sites (tertiary alicyclic amines) is 1. The van der Waals surface area contributed by atoms with Crippen LogP contribution in [0.15, 0.2) is 48.5 Å². The third-order valence-electron chi connectivity index (χ3n) is 6.76. The second-order valence-corrected chi connectivity index (χ2v) is 8.53. The van der Waals surface area contributed by atoms with Crippen LogP contribution >= 0.6 is 0 Å². The summed E-state index contributed by atoms with van der Waals surface area (Å²) in [6, 6.07) is 16.0. The van der Waals surface area contributed by atoms with Crippen LogP contribution < -0.4 is 0 Å². The molecule has 150 valence electrons. The summed E-state index contributed by atoms with van der Waals surface area (Å²) in [6.07, 6.45) is 5.93. The Morgan fingerprint density at radius 2 is 1.79 bits per heavy atom. The summed E-state index contributed by atoms with van der Waals surface area (Å²) < 4.78 is 0. The Bertz CT molecular complexity index is 1020. The highest BCUT2D eigenvalue weighted by molar-refractivity contribution is 5.99. The van der Waals surface area contributed by atoms with Crippen LogP contribution in [0.25, 0.3) is 10.9 Å². The van der Waals surface area contributed by atoms with Crippen LogP contribution in [0.4, 0.5) is 0 Å². The summed E-state index contributed by atoms with van der Waals surface area (Å²) >= 11 is 0. The molecule has 2 heterocycles. The second-order valence-electron chi connectivity index (χ2n) is 8.53. The fourth-order valence-corrected chi connectivity index (χ4v) is 5.06. The quantitative estimate of drug-likeness (QED) is 0.687. The van der Waals surface area contributed by atoms with Gasteiger partial charge in [-0.3, -0.25) is 4.79 Å². The Morgan fingerprint density at radius 1 is 1.03 bits per heavy atom. The number of aliphatic hydroxyl groups is 1. The average molecular weight is 389 g/mol. The summed E-state index contributed by atoms with van der Waals surface area (Å²) in [5, 5.41) is 11.9. The van der Waals surface area contributed by atoms with Crippen molar-refractivity contribution in [3.8, 4) is 0 Å². The average Bonchev–Trinajstić information content (AvgIpc) is 3.17. The predicted molar refractivity (Wildman–Crippen MR) is 115 cm³/mol. The molecular weight excluding hydrogens is 360 g/mol. The van der Waals surface area contributed by atoms with Gasteiger partial charge in [-0.2, -0.15) is 0 Å². The van der Waals surface area contributed by atoms with Crippen LogP contribution in [0.2, 0.25) is 0 Å². The van der Waals surface area contributed by atoms with E-state index in [1.54, 1.807) is 0 Å². The zero-order valence-electron chi connectivity index (χ0n) is 16.7. The van der Waals surface area contributed by atoms with Crippen molar-refractivity contribution in [3.05, 3.63) is 70.9 Å². The molecule has 1 amide bonds. The first kappa shape index (κ1) is 18.4. The van der Waals surface area contributed by atoms with Crippen molar-refractivity contribution in [1.82, 2.24) is 9.88 Å². The number of hydrogen-bond donors (Lipinski definition) is 2. The molecule has 4 heteroatoms. The summed E-state index contributed by atoms with van der Waals surface area (Å²) in [5.74, 6) is 0.325. The van der Waals surface area contributed by atoms with E-state index in [1.807, 2.05) is 41.3 Å². The zero-order valence-corrected chi connectivity index (χ0v) is 16.7. The molecule has 1 unspecified atom stereocenters. The van der Waals surface area contributed by atoms with Gasteiger partial charge in [0.15, 0.2) is 0 Å². The second kappa shape index (κ2) is 7.68. The lowest BCUT2D eigenvalue weighted by atomic mass is 9.87. The lowest BCUT2D eigenvalue weighted by Crippen LogP contribution is -2.39. The number of piperidine rings is 1. The van der Waals surface area contributed by atoms with Crippen molar-refractivity contribution in [2.45, 2.75) is 44.6 Å². The molecule has 29 heavy (non-hydrogen) atoms. The van der Waals surface area contributed by atoms with Gasteiger partial charge in [0, 0.05) is 35.2 Å². The van der Waals surface area contributed by atoms with Crippen LogP contribution in [-0.4, -0.2) is 34.0 Å². The van der Waals surface area contributed by atoms with Gasteiger partial charge in [-0.15, -0.1) is 0 Å². The number of nitrogens with one attached hydrogen (secondary N) is 1. The summed E-state index contributed by atoms with van der Waals surface area (Å²) in [4.78, 5) is 18.6. The lowest BCUT2D eigenvalue weighted by molar-refractivity contribution is 0.0462. The SMILES string of the molecule is O=C(c1ccc2[nH]c3c(c2c1)CCCC3)N1CCC(C(O)c2ccccc2)CC1. The lowest BCUT2D eigenvalue weighted by Gasteiger charge is -2.34. The number of aliphatic hydroxyl groups excluding tert-OH is 1. The number of carbonyl (C=O) groups is 1. The van der Waals surface area contributed by atoms with Gasteiger partial charge in [0.1, 0.15) is 0 Å². The molecular formula is C25H28N2O2. The first-order valence-corrected chi connectivity index (χ1v) is 10.9. The highest BCUT2D eigenvalue weighted by Gasteiger charge is 2.29. The van der Waals surface area contributed by atoms with E-state index < -0.39 is 6.10 Å². The molecule has 1 saturated heterocycles. The molecule has 1 aliphatic carbocycles. The minimum atomic E-state index is -0.448. The first-order valence-electron chi connectivity index (χ1n) is 10.9. The van der Waals surface area contributed by atoms with Crippen LogP contribution in [0, 0.1) is 5.92 Å². The Balaban J connectivity index is 1.29. The van der Waals surface area contributed by atoms with Crippen molar-refractivity contribution >= 4 is 16.8 Å². The number of H-pyrrole nitrogens is 1. The molecule has 1 atom stereocenters. The largest absolute Gasteiger partial charge is 0.388 e. The molecule has 0 radical (unpaired) electrons. The smallest absolute Gasteiger partial charge is 0.253 e. The molecule has 1 aromatic heterocycles. The predicted octanol–water partition coefficient (Wildman–Crippen LogP) is 4.63. The zero-order chi connectivity index (χ0) is 19.8. The number of rotatable bonds is 3. The number of fused-ring (bicyclic) bond motifs is 3. The van der Waals surface area contributed by atoms with Gasteiger partial charge in [0.05, 0.1) is 6.10 Å². The van der Waals surface area contributed by atoms with Crippen molar-refractivity contribution in [2.24, 2.45) is 5.92 Å². The molecule has 0 spiro atoms. The number of hydrogen-bond acceptors (Lipinski definition) is 2. The molecule has 2 N–H and O–H groups in total. The van der Waals surface area contributed by atoms with Gasteiger partial charge in [0.25, 0.3) is 5.91 Å². The molecule has 5 rings (SSSR count). The molecule has 1 aliphatic heterocycles. The van der Waals surface area contributed by atoms with E-state index >= 15 is 0 Å². The van der Waals surface area contributed by atoms with E-state index in [4.69, 9.17) is 0 Å². The molecule has 4 nitrogen and oxygen atoms in total. The summed E-state index contributed by atoms with van der Waals surface area (Å²) in [6.45, 7) is 1.41. The topological polar surface area (TPSA) is 56.3 Å². The monoisotopic (exact) mass is 388 g/mol. The number of aromatic nitrogens is 1. The molecule has 0 saturated carbocycles. The Labute approximate surface area is 171 Å². The Morgan fingerprint density at radius 3 is 2.59 bits per heavy atom. The fraction of sp³-hybridized carbons (Fsp3) is 0.400. The van der Waals surface area contributed by atoms with Crippen molar-refractivity contribution in [3.63, 3.8) is 0 Å². The number of carbonyl (C=O) groups excluding carboxylic acids is 1. The molecule has 3 aromatic rings. The maximum atomic E-state index is 13.1. The molecule has 2 aromatic carbocycles. The van der Waals surface area contributed by atoms with Crippen LogP contribution in [0.3, 0.4) is 0 Å². The van der Waals surface area contributed by atoms with Gasteiger partial charge >= 0.3 is 0 Å². The van der Waals surface area contributed by atoms with Crippen molar-refractivity contribution < 1.29 is 9.90 Å². The van der Waals surface area contributed by atoms with Gasteiger partial charge in [-0.05, 0) is 73.8 Å². The summed E-state index contributed by atoms with van der Waals surface area (Å²) in [7, 11) is 0. The number of benzene rings is 2. The molecule has 1 fully saturated rings. The van der Waals surface area contributed by atoms with E-state index in [0.717, 1.165) is 42.3 Å². The summed E-state index contributed by atoms with van der Waals surface area (Å²) in [5.41, 5.74) is 5.67. The van der Waals surface area contributed by atoms with E-state index in [0.29, 0.717) is 13.1 Å². The van der Waals surface area contributed by atoms with Crippen molar-refractivity contribution in [2.75, 3.05) is 13.1 Å². The van der Waals surface area contributed by atoms with Crippen LogP contribution in [-0.2, 0) is 12.8 Å². The number of amides is 1. The number of nitrogens with zero attached hydrogens (tertiary/aromatic N) is 1. The van der Waals surface area contributed by atoms with E-state index in [2.05, 4.69) is 17.1 Å². The Hall–Kier alpha value is -2.59. The van der Waals surface area contributed by atoms with E-state index in [1.165, 1.54) is 29.5 Å². The highest BCUT2D eigenvalue weighted by atomic mass is 16.3. The first-order chi connectivity index (χ1) is 14.2. The van der Waals surface area contributed by atoms with Crippen molar-refractivity contribution in [1.29, 1.82) is 0 Å². The molecule has 0 bridgehead atoms. The highest BCUT2D eigenvalue weighted by Crippen LogP contribution is 2.32. The van der Waals surface area contributed by atoms with Crippen LogP contribution in [0.1, 0.15) is 59.0 Å². The van der Waals surface area contributed by atoms with Gasteiger partial charge in [-0.1, -0.05) is 30.3 Å². The van der Waals surface area contributed by atoms with Gasteiger partial charge in [-0.25, -0.2) is 0 Å². The number of aromatic amines is 1.